The zero-order chi connectivity index (χ0) is 15.3. The maximum atomic E-state index is 12.4. The number of nitrogens with one attached hydrogen (secondary N) is 2. The van der Waals surface area contributed by atoms with Crippen LogP contribution in [0.4, 0.5) is 0 Å². The van der Waals surface area contributed by atoms with Crippen LogP contribution in [0.15, 0.2) is 0 Å². The van der Waals surface area contributed by atoms with Crippen molar-refractivity contribution in [2.75, 3.05) is 31.1 Å². The fourth-order valence-electron chi connectivity index (χ4n) is 2.69. The zero-order valence-corrected chi connectivity index (χ0v) is 14.8. The Bertz CT molecular complexity index is 412. The van der Waals surface area contributed by atoms with E-state index in [0.29, 0.717) is 25.0 Å². The minimum Gasteiger partial charge on any atom is -0.314 e. The van der Waals surface area contributed by atoms with E-state index in [0.717, 1.165) is 30.9 Å². The molecule has 21 heavy (non-hydrogen) atoms. The smallest absolute Gasteiger partial charge is 0.279 e. The number of nitrogens with zero attached hydrogens (tertiary/aromatic N) is 1. The van der Waals surface area contributed by atoms with Crippen LogP contribution in [0.2, 0.25) is 0 Å². The molecule has 0 amide bonds. The van der Waals surface area contributed by atoms with E-state index in [-0.39, 0.29) is 6.04 Å². The number of piperidine rings is 1. The van der Waals surface area contributed by atoms with Gasteiger partial charge in [-0.3, -0.25) is 0 Å². The molecule has 0 aromatic heterocycles. The van der Waals surface area contributed by atoms with Crippen molar-refractivity contribution < 1.29 is 8.42 Å². The highest BCUT2D eigenvalue weighted by molar-refractivity contribution is 7.99. The summed E-state index contributed by atoms with van der Waals surface area (Å²) in [5.74, 6) is 2.30. The van der Waals surface area contributed by atoms with Gasteiger partial charge in [-0.25, -0.2) is 0 Å². The first-order valence-electron chi connectivity index (χ1n) is 8.09. The zero-order valence-electron chi connectivity index (χ0n) is 13.2. The minimum atomic E-state index is -3.33. The predicted molar refractivity (Wildman–Crippen MR) is 89.8 cm³/mol. The molecule has 7 heteroatoms. The van der Waals surface area contributed by atoms with Crippen LogP contribution in [0.1, 0.15) is 39.5 Å². The molecule has 124 valence electrons. The van der Waals surface area contributed by atoms with E-state index in [1.165, 1.54) is 12.8 Å². The van der Waals surface area contributed by atoms with Gasteiger partial charge in [0.2, 0.25) is 0 Å². The molecule has 1 aliphatic carbocycles. The molecule has 0 radical (unpaired) electrons. The van der Waals surface area contributed by atoms with Gasteiger partial charge in [0.05, 0.1) is 0 Å². The van der Waals surface area contributed by atoms with Crippen LogP contribution in [-0.4, -0.2) is 55.9 Å². The van der Waals surface area contributed by atoms with Crippen molar-refractivity contribution in [2.45, 2.75) is 51.6 Å². The third-order valence-corrected chi connectivity index (χ3v) is 6.87. The highest BCUT2D eigenvalue weighted by Gasteiger charge is 2.30. The van der Waals surface area contributed by atoms with Gasteiger partial charge in [0.15, 0.2) is 0 Å². The number of hydrogen-bond donors (Lipinski definition) is 2. The normalized spacial score (nSPS) is 25.9. The van der Waals surface area contributed by atoms with Crippen molar-refractivity contribution in [1.82, 2.24) is 14.3 Å². The highest BCUT2D eigenvalue weighted by atomic mass is 32.2. The van der Waals surface area contributed by atoms with Crippen molar-refractivity contribution in [1.29, 1.82) is 0 Å². The van der Waals surface area contributed by atoms with Crippen LogP contribution in [-0.2, 0) is 10.2 Å². The van der Waals surface area contributed by atoms with Crippen molar-refractivity contribution in [3.8, 4) is 0 Å². The topological polar surface area (TPSA) is 61.4 Å². The third kappa shape index (κ3) is 6.06. The van der Waals surface area contributed by atoms with E-state index in [2.05, 4.69) is 17.0 Å². The van der Waals surface area contributed by atoms with Crippen molar-refractivity contribution in [3.63, 3.8) is 0 Å². The first-order chi connectivity index (χ1) is 10.0. The third-order valence-electron chi connectivity index (χ3n) is 4.02. The van der Waals surface area contributed by atoms with Gasteiger partial charge in [-0.15, -0.1) is 0 Å². The van der Waals surface area contributed by atoms with E-state index in [1.807, 2.05) is 6.92 Å². The van der Waals surface area contributed by atoms with Gasteiger partial charge in [0.25, 0.3) is 10.2 Å². The Morgan fingerprint density at radius 3 is 2.76 bits per heavy atom. The minimum absolute atomic E-state index is 0.00934. The average Bonchev–Trinajstić information content (AvgIpc) is 3.27. The quantitative estimate of drug-likeness (QED) is 0.669. The van der Waals surface area contributed by atoms with Crippen molar-refractivity contribution in [2.24, 2.45) is 5.92 Å². The molecule has 2 aliphatic rings. The molecular formula is C14H29N3O2S2. The Labute approximate surface area is 133 Å². The standard InChI is InChI=1S/C14H29N3O2S2/c1-3-20-11-12(2)16-21(18,19)17-8-4-5-13(10-17)9-15-14-6-7-14/h12-16H,3-11H2,1-2H3. The highest BCUT2D eigenvalue weighted by Crippen LogP contribution is 2.22. The number of thioether (sulfide) groups is 1. The predicted octanol–water partition coefficient (Wildman–Crippen LogP) is 1.43. The fraction of sp³-hybridized carbons (Fsp3) is 1.00. The molecule has 2 N–H and O–H groups in total. The van der Waals surface area contributed by atoms with Gasteiger partial charge in [0.1, 0.15) is 0 Å². The lowest BCUT2D eigenvalue weighted by molar-refractivity contribution is 0.256. The molecule has 5 nitrogen and oxygen atoms in total. The molecule has 2 unspecified atom stereocenters. The summed E-state index contributed by atoms with van der Waals surface area (Å²) in [7, 11) is -3.33. The van der Waals surface area contributed by atoms with Crippen molar-refractivity contribution in [3.05, 3.63) is 0 Å². The lowest BCUT2D eigenvalue weighted by atomic mass is 10.00. The summed E-state index contributed by atoms with van der Waals surface area (Å²) in [5, 5.41) is 3.52. The molecule has 0 aromatic rings. The molecule has 1 saturated carbocycles. The molecule has 1 aliphatic heterocycles. The van der Waals surface area contributed by atoms with Crippen LogP contribution in [0, 0.1) is 5.92 Å². The van der Waals surface area contributed by atoms with E-state index in [4.69, 9.17) is 0 Å². The SMILES string of the molecule is CCSCC(C)NS(=O)(=O)N1CCCC(CNC2CC2)C1. The fourth-order valence-corrected chi connectivity index (χ4v) is 4.99. The first-order valence-corrected chi connectivity index (χ1v) is 10.7. The van der Waals surface area contributed by atoms with Crippen LogP contribution in [0.5, 0.6) is 0 Å². The van der Waals surface area contributed by atoms with Gasteiger partial charge in [-0.05, 0) is 50.8 Å². The Balaban J connectivity index is 1.80. The summed E-state index contributed by atoms with van der Waals surface area (Å²) in [6.07, 6.45) is 4.66. The Morgan fingerprint density at radius 1 is 1.33 bits per heavy atom. The van der Waals surface area contributed by atoms with E-state index in [9.17, 15) is 8.42 Å². The second-order valence-electron chi connectivity index (χ2n) is 6.23. The largest absolute Gasteiger partial charge is 0.314 e. The molecule has 0 aromatic carbocycles. The molecule has 2 fully saturated rings. The maximum absolute atomic E-state index is 12.4. The lowest BCUT2D eigenvalue weighted by Crippen LogP contribution is -2.50. The van der Waals surface area contributed by atoms with Gasteiger partial charge >= 0.3 is 0 Å². The number of rotatable bonds is 9. The van der Waals surface area contributed by atoms with Gasteiger partial charge in [-0.2, -0.15) is 29.2 Å². The summed E-state index contributed by atoms with van der Waals surface area (Å²) in [5.41, 5.74) is 0. The van der Waals surface area contributed by atoms with E-state index < -0.39 is 10.2 Å². The summed E-state index contributed by atoms with van der Waals surface area (Å²) in [6.45, 7) is 6.30. The molecule has 1 heterocycles. The second-order valence-corrected chi connectivity index (χ2v) is 9.25. The van der Waals surface area contributed by atoms with E-state index >= 15 is 0 Å². The Hall–Kier alpha value is 0.180. The van der Waals surface area contributed by atoms with Crippen LogP contribution in [0.3, 0.4) is 0 Å². The van der Waals surface area contributed by atoms with Crippen LogP contribution in [0.25, 0.3) is 0 Å². The molecule has 2 rings (SSSR count). The van der Waals surface area contributed by atoms with Gasteiger partial charge < -0.3 is 5.32 Å². The summed E-state index contributed by atoms with van der Waals surface area (Å²) in [4.78, 5) is 0. The van der Waals surface area contributed by atoms with Gasteiger partial charge in [-0.1, -0.05) is 6.92 Å². The summed E-state index contributed by atoms with van der Waals surface area (Å²) in [6, 6.07) is 0.686. The second kappa shape index (κ2) is 8.15. The maximum Gasteiger partial charge on any atom is 0.279 e. The van der Waals surface area contributed by atoms with Crippen LogP contribution < -0.4 is 10.0 Å². The van der Waals surface area contributed by atoms with Gasteiger partial charge in [0, 0.05) is 30.9 Å². The molecular weight excluding hydrogens is 306 g/mol. The Kier molecular flexibility index (Phi) is 6.80. The monoisotopic (exact) mass is 335 g/mol. The summed E-state index contributed by atoms with van der Waals surface area (Å²) >= 11 is 1.77. The van der Waals surface area contributed by atoms with Crippen molar-refractivity contribution >= 4 is 22.0 Å². The summed E-state index contributed by atoms with van der Waals surface area (Å²) < 4.78 is 29.3. The molecule has 1 saturated heterocycles. The molecule has 2 atom stereocenters. The Morgan fingerprint density at radius 2 is 2.10 bits per heavy atom. The molecule has 0 spiro atoms. The number of hydrogen-bond acceptors (Lipinski definition) is 4. The van der Waals surface area contributed by atoms with E-state index in [1.54, 1.807) is 16.1 Å². The molecule has 0 bridgehead atoms. The lowest BCUT2D eigenvalue weighted by Gasteiger charge is -2.32. The average molecular weight is 336 g/mol. The first kappa shape index (κ1) is 17.5. The van der Waals surface area contributed by atoms with Crippen LogP contribution >= 0.6 is 11.8 Å².